The number of benzene rings is 2. The summed E-state index contributed by atoms with van der Waals surface area (Å²) in [6.07, 6.45) is -3.10. The van der Waals surface area contributed by atoms with Crippen molar-refractivity contribution in [3.8, 4) is 0 Å². The van der Waals surface area contributed by atoms with Crippen LogP contribution in [-0.4, -0.2) is 27.4 Å². The third kappa shape index (κ3) is 4.41. The number of hydrogen-bond donors (Lipinski definition) is 0. The van der Waals surface area contributed by atoms with Crippen LogP contribution in [-0.2, 0) is 24.1 Å². The Balaban J connectivity index is 1.73. The Labute approximate surface area is 166 Å². The molecule has 0 spiro atoms. The molecule has 0 saturated carbocycles. The maximum Gasteiger partial charge on any atom is 0.416 e. The van der Waals surface area contributed by atoms with E-state index in [1.165, 1.54) is 35.0 Å². The van der Waals surface area contributed by atoms with Gasteiger partial charge in [0, 0.05) is 18.1 Å². The van der Waals surface area contributed by atoms with E-state index in [2.05, 4.69) is 20.9 Å². The molecule has 0 unspecified atom stereocenters. The number of likely N-dealkylation sites (N-methyl/N-ethyl adjacent to an activating group) is 1. The van der Waals surface area contributed by atoms with E-state index in [9.17, 15) is 22.8 Å². The molecule has 3 aromatic rings. The van der Waals surface area contributed by atoms with Gasteiger partial charge >= 0.3 is 6.18 Å². The quantitative estimate of drug-likeness (QED) is 0.602. The van der Waals surface area contributed by atoms with E-state index in [-0.39, 0.29) is 24.6 Å². The molecule has 2 aromatic carbocycles. The number of rotatable bonds is 4. The lowest BCUT2D eigenvalue weighted by Crippen LogP contribution is -2.33. The lowest BCUT2D eigenvalue weighted by Gasteiger charge is -2.18. The minimum absolute atomic E-state index is 0.123. The summed E-state index contributed by atoms with van der Waals surface area (Å²) in [7, 11) is 1.52. The second kappa shape index (κ2) is 7.75. The molecule has 0 radical (unpaired) electrons. The van der Waals surface area contributed by atoms with Gasteiger partial charge < -0.3 is 4.90 Å². The standard InChI is InChI=1S/C19H15BrF3N3O2/c1-25(9-12-2-4-13(5-3-12)19(21,22)23)17(27)10-26-11-24-16-7-6-14(20)8-15(16)18(26)28/h2-8,11H,9-10H2,1H3. The van der Waals surface area contributed by atoms with Crippen LogP contribution in [0, 0.1) is 0 Å². The zero-order valence-corrected chi connectivity index (χ0v) is 16.3. The molecule has 146 valence electrons. The van der Waals surface area contributed by atoms with E-state index >= 15 is 0 Å². The van der Waals surface area contributed by atoms with Crippen molar-refractivity contribution in [2.45, 2.75) is 19.3 Å². The van der Waals surface area contributed by atoms with E-state index in [0.29, 0.717) is 16.5 Å². The van der Waals surface area contributed by atoms with E-state index in [4.69, 9.17) is 0 Å². The second-order valence-electron chi connectivity index (χ2n) is 6.28. The zero-order valence-electron chi connectivity index (χ0n) is 14.7. The van der Waals surface area contributed by atoms with Crippen molar-refractivity contribution < 1.29 is 18.0 Å². The highest BCUT2D eigenvalue weighted by Crippen LogP contribution is 2.29. The largest absolute Gasteiger partial charge is 0.416 e. The van der Waals surface area contributed by atoms with Crippen LogP contribution >= 0.6 is 15.9 Å². The van der Waals surface area contributed by atoms with Crippen molar-refractivity contribution in [3.63, 3.8) is 0 Å². The van der Waals surface area contributed by atoms with E-state index in [0.717, 1.165) is 16.6 Å². The van der Waals surface area contributed by atoms with Crippen molar-refractivity contribution in [2.24, 2.45) is 0 Å². The first-order chi connectivity index (χ1) is 13.1. The minimum Gasteiger partial charge on any atom is -0.340 e. The van der Waals surface area contributed by atoms with Crippen molar-refractivity contribution >= 4 is 32.7 Å². The number of aromatic nitrogens is 2. The molecule has 0 aliphatic heterocycles. The molecule has 0 bridgehead atoms. The number of halogens is 4. The first-order valence-corrected chi connectivity index (χ1v) is 8.99. The van der Waals surface area contributed by atoms with Crippen LogP contribution < -0.4 is 5.56 Å². The van der Waals surface area contributed by atoms with Gasteiger partial charge in [-0.05, 0) is 35.9 Å². The monoisotopic (exact) mass is 453 g/mol. The number of hydrogen-bond acceptors (Lipinski definition) is 3. The molecule has 0 N–H and O–H groups in total. The fourth-order valence-electron chi connectivity index (χ4n) is 2.67. The van der Waals surface area contributed by atoms with Gasteiger partial charge in [-0.2, -0.15) is 13.2 Å². The molecule has 1 aromatic heterocycles. The summed E-state index contributed by atoms with van der Waals surface area (Å²) in [4.78, 5) is 30.5. The highest BCUT2D eigenvalue weighted by molar-refractivity contribution is 9.10. The smallest absolute Gasteiger partial charge is 0.340 e. The maximum absolute atomic E-state index is 12.6. The predicted octanol–water partition coefficient (Wildman–Crippen LogP) is 3.84. The van der Waals surface area contributed by atoms with Gasteiger partial charge in [-0.15, -0.1) is 0 Å². The Kier molecular flexibility index (Phi) is 5.55. The maximum atomic E-state index is 12.6. The van der Waals surface area contributed by atoms with Gasteiger partial charge in [0.2, 0.25) is 5.91 Å². The highest BCUT2D eigenvalue weighted by Gasteiger charge is 2.30. The van der Waals surface area contributed by atoms with Crippen LogP contribution in [0.25, 0.3) is 10.9 Å². The van der Waals surface area contributed by atoms with Crippen LogP contribution in [0.3, 0.4) is 0 Å². The van der Waals surface area contributed by atoms with Crippen LogP contribution in [0.2, 0.25) is 0 Å². The van der Waals surface area contributed by atoms with E-state index in [1.807, 2.05) is 0 Å². The summed E-state index contributed by atoms with van der Waals surface area (Å²) in [6.45, 7) is -0.0936. The van der Waals surface area contributed by atoms with E-state index < -0.39 is 11.7 Å². The summed E-state index contributed by atoms with van der Waals surface area (Å²) >= 11 is 3.30. The number of carbonyl (C=O) groups is 1. The van der Waals surface area contributed by atoms with Crippen LogP contribution in [0.4, 0.5) is 13.2 Å². The lowest BCUT2D eigenvalue weighted by atomic mass is 10.1. The van der Waals surface area contributed by atoms with Gasteiger partial charge in [0.25, 0.3) is 5.56 Å². The third-order valence-electron chi connectivity index (χ3n) is 4.22. The van der Waals surface area contributed by atoms with Gasteiger partial charge in [0.05, 0.1) is 22.8 Å². The van der Waals surface area contributed by atoms with Crippen molar-refractivity contribution in [3.05, 3.63) is 74.7 Å². The van der Waals surface area contributed by atoms with Crippen LogP contribution in [0.15, 0.2) is 58.1 Å². The van der Waals surface area contributed by atoms with Gasteiger partial charge in [0.15, 0.2) is 0 Å². The average Bonchev–Trinajstić information content (AvgIpc) is 2.64. The molecule has 0 saturated heterocycles. The number of alkyl halides is 3. The molecule has 0 fully saturated rings. The summed E-state index contributed by atoms with van der Waals surface area (Å²) in [6, 6.07) is 9.71. The number of amides is 1. The lowest BCUT2D eigenvalue weighted by molar-refractivity contribution is -0.137. The second-order valence-corrected chi connectivity index (χ2v) is 7.20. The van der Waals surface area contributed by atoms with Crippen molar-refractivity contribution in [1.82, 2.24) is 14.5 Å². The molecule has 1 heterocycles. The first-order valence-electron chi connectivity index (χ1n) is 8.20. The van der Waals surface area contributed by atoms with Gasteiger partial charge in [-0.3, -0.25) is 14.2 Å². The van der Waals surface area contributed by atoms with Gasteiger partial charge in [-0.25, -0.2) is 4.98 Å². The molecular weight excluding hydrogens is 439 g/mol. The number of fused-ring (bicyclic) bond motifs is 1. The predicted molar refractivity (Wildman–Crippen MR) is 102 cm³/mol. The molecule has 3 rings (SSSR count). The molecule has 5 nitrogen and oxygen atoms in total. The Morgan fingerprint density at radius 1 is 1.18 bits per heavy atom. The van der Waals surface area contributed by atoms with Crippen LogP contribution in [0.5, 0.6) is 0 Å². The SMILES string of the molecule is CN(Cc1ccc(C(F)(F)F)cc1)C(=O)Cn1cnc2ccc(Br)cc2c1=O. The first kappa shape index (κ1) is 20.1. The molecule has 1 amide bonds. The van der Waals surface area contributed by atoms with Gasteiger partial charge in [-0.1, -0.05) is 28.1 Å². The Morgan fingerprint density at radius 3 is 2.50 bits per heavy atom. The Hall–Kier alpha value is -2.68. The summed E-state index contributed by atoms with van der Waals surface area (Å²) in [5.41, 5.74) is -0.0143. The van der Waals surface area contributed by atoms with Crippen molar-refractivity contribution in [1.29, 1.82) is 0 Å². The number of nitrogens with zero attached hydrogens (tertiary/aromatic N) is 3. The fraction of sp³-hybridized carbons (Fsp3) is 0.211. The van der Waals surface area contributed by atoms with Crippen LogP contribution in [0.1, 0.15) is 11.1 Å². The number of carbonyl (C=O) groups excluding carboxylic acids is 1. The highest BCUT2D eigenvalue weighted by atomic mass is 79.9. The molecular formula is C19H15BrF3N3O2. The molecule has 0 aliphatic carbocycles. The fourth-order valence-corrected chi connectivity index (χ4v) is 3.03. The molecule has 9 heteroatoms. The Morgan fingerprint density at radius 2 is 1.86 bits per heavy atom. The minimum atomic E-state index is -4.40. The van der Waals surface area contributed by atoms with E-state index in [1.54, 1.807) is 18.2 Å². The summed E-state index contributed by atoms with van der Waals surface area (Å²) in [5, 5.41) is 0.384. The molecule has 0 atom stereocenters. The summed E-state index contributed by atoms with van der Waals surface area (Å²) in [5.74, 6) is -0.363. The van der Waals surface area contributed by atoms with Crippen molar-refractivity contribution in [2.75, 3.05) is 7.05 Å². The average molecular weight is 454 g/mol. The van der Waals surface area contributed by atoms with Gasteiger partial charge in [0.1, 0.15) is 6.54 Å². The Bertz CT molecular complexity index is 1080. The molecule has 28 heavy (non-hydrogen) atoms. The third-order valence-corrected chi connectivity index (χ3v) is 4.71. The molecule has 0 aliphatic rings. The normalized spacial score (nSPS) is 11.6. The topological polar surface area (TPSA) is 55.2 Å². The zero-order chi connectivity index (χ0) is 20.5. The summed E-state index contributed by atoms with van der Waals surface area (Å²) < 4.78 is 39.8.